The number of hydrogen-bond donors (Lipinski definition) is 1. The third-order valence-corrected chi connectivity index (χ3v) is 2.06. The van der Waals surface area contributed by atoms with E-state index in [2.05, 4.69) is 18.8 Å². The quantitative estimate of drug-likeness (QED) is 0.531. The molecule has 1 aliphatic rings. The molecule has 10 heavy (non-hydrogen) atoms. The van der Waals surface area contributed by atoms with Crippen molar-refractivity contribution in [2.45, 2.75) is 32.4 Å². The van der Waals surface area contributed by atoms with Crippen LogP contribution < -0.4 is 5.73 Å². The predicted octanol–water partition coefficient (Wildman–Crippen LogP) is 0.414. The van der Waals surface area contributed by atoms with E-state index in [1.54, 1.807) is 0 Å². The second-order valence-electron chi connectivity index (χ2n) is 3.03. The number of rotatable bonds is 0. The number of nitrogens with zero attached hydrogens (tertiary/aromatic N) is 2. The summed E-state index contributed by atoms with van der Waals surface area (Å²) in [6, 6.07) is 0.929. The second kappa shape index (κ2) is 2.48. The molecule has 3 nitrogen and oxygen atoms in total. The summed E-state index contributed by atoms with van der Waals surface area (Å²) in [7, 11) is 1.98. The van der Waals surface area contributed by atoms with Crippen molar-refractivity contribution < 1.29 is 0 Å². The molecule has 0 aromatic heterocycles. The average Bonchev–Trinajstić information content (AvgIpc) is 1.82. The van der Waals surface area contributed by atoms with Gasteiger partial charge in [-0.2, -0.15) is 0 Å². The Morgan fingerprint density at radius 2 is 2.20 bits per heavy atom. The molecule has 58 valence electrons. The molecule has 1 rings (SSSR count). The summed E-state index contributed by atoms with van der Waals surface area (Å²) < 4.78 is 0. The topological polar surface area (TPSA) is 41.6 Å². The van der Waals surface area contributed by atoms with E-state index < -0.39 is 0 Å². The zero-order valence-electron chi connectivity index (χ0n) is 6.83. The first-order valence-electron chi connectivity index (χ1n) is 3.67. The van der Waals surface area contributed by atoms with E-state index in [1.807, 2.05) is 11.9 Å². The van der Waals surface area contributed by atoms with Gasteiger partial charge in [-0.05, 0) is 20.3 Å². The summed E-state index contributed by atoms with van der Waals surface area (Å²) >= 11 is 0. The van der Waals surface area contributed by atoms with E-state index in [-0.39, 0.29) is 0 Å². The molecule has 2 unspecified atom stereocenters. The van der Waals surface area contributed by atoms with Gasteiger partial charge in [-0.1, -0.05) is 0 Å². The number of hydrogen-bond acceptors (Lipinski definition) is 3. The van der Waals surface area contributed by atoms with Crippen molar-refractivity contribution in [2.75, 3.05) is 7.05 Å². The molecular formula is C7H15N3. The van der Waals surface area contributed by atoms with E-state index in [0.717, 1.165) is 6.42 Å². The van der Waals surface area contributed by atoms with Crippen LogP contribution in [0.3, 0.4) is 0 Å². The van der Waals surface area contributed by atoms with Gasteiger partial charge < -0.3 is 10.6 Å². The van der Waals surface area contributed by atoms with Crippen LogP contribution in [0.2, 0.25) is 0 Å². The summed E-state index contributed by atoms with van der Waals surface area (Å²) in [6.45, 7) is 4.26. The molecule has 3 heteroatoms. The van der Waals surface area contributed by atoms with Crippen molar-refractivity contribution in [2.24, 2.45) is 10.7 Å². The fraction of sp³-hybridized carbons (Fsp3) is 0.857. The molecule has 0 aliphatic carbocycles. The van der Waals surface area contributed by atoms with Crippen LogP contribution in [-0.4, -0.2) is 30.0 Å². The van der Waals surface area contributed by atoms with Gasteiger partial charge in [0.25, 0.3) is 0 Å². The third-order valence-electron chi connectivity index (χ3n) is 2.06. The SMILES string of the molecule is CC1CC(C)N(C)C(N)=N1. The van der Waals surface area contributed by atoms with Crippen molar-refractivity contribution >= 4 is 5.96 Å². The number of guanidine groups is 1. The largest absolute Gasteiger partial charge is 0.370 e. The summed E-state index contributed by atoms with van der Waals surface area (Å²) in [6.07, 6.45) is 1.11. The lowest BCUT2D eigenvalue weighted by Crippen LogP contribution is -2.45. The summed E-state index contributed by atoms with van der Waals surface area (Å²) in [5.41, 5.74) is 5.64. The van der Waals surface area contributed by atoms with Gasteiger partial charge in [-0.3, -0.25) is 4.99 Å². The normalized spacial score (nSPS) is 33.9. The Kier molecular flexibility index (Phi) is 1.83. The summed E-state index contributed by atoms with van der Waals surface area (Å²) in [4.78, 5) is 6.25. The van der Waals surface area contributed by atoms with Crippen molar-refractivity contribution in [3.05, 3.63) is 0 Å². The van der Waals surface area contributed by atoms with E-state index in [9.17, 15) is 0 Å². The van der Waals surface area contributed by atoms with Gasteiger partial charge in [0.1, 0.15) is 0 Å². The Morgan fingerprint density at radius 1 is 1.60 bits per heavy atom. The second-order valence-corrected chi connectivity index (χ2v) is 3.03. The molecule has 1 aliphatic heterocycles. The minimum absolute atomic E-state index is 0.395. The van der Waals surface area contributed by atoms with Crippen LogP contribution in [0.25, 0.3) is 0 Å². The smallest absolute Gasteiger partial charge is 0.191 e. The molecule has 1 heterocycles. The lowest BCUT2D eigenvalue weighted by Gasteiger charge is -2.32. The first-order chi connectivity index (χ1) is 4.61. The highest BCUT2D eigenvalue weighted by atomic mass is 15.3. The van der Waals surface area contributed by atoms with Gasteiger partial charge in [-0.25, -0.2) is 0 Å². The fourth-order valence-corrected chi connectivity index (χ4v) is 1.25. The zero-order chi connectivity index (χ0) is 7.72. The maximum Gasteiger partial charge on any atom is 0.191 e. The first kappa shape index (κ1) is 7.38. The molecule has 0 bridgehead atoms. The van der Waals surface area contributed by atoms with E-state index >= 15 is 0 Å². The lowest BCUT2D eigenvalue weighted by atomic mass is 10.1. The van der Waals surface area contributed by atoms with Crippen molar-refractivity contribution in [1.29, 1.82) is 0 Å². The average molecular weight is 141 g/mol. The fourth-order valence-electron chi connectivity index (χ4n) is 1.25. The van der Waals surface area contributed by atoms with Crippen molar-refractivity contribution in [3.63, 3.8) is 0 Å². The molecule has 0 radical (unpaired) electrons. The highest BCUT2D eigenvalue weighted by Gasteiger charge is 2.19. The number of aliphatic imine (C=N–C) groups is 1. The predicted molar refractivity (Wildman–Crippen MR) is 42.9 cm³/mol. The van der Waals surface area contributed by atoms with Crippen molar-refractivity contribution in [1.82, 2.24) is 4.90 Å². The minimum Gasteiger partial charge on any atom is -0.370 e. The van der Waals surface area contributed by atoms with Gasteiger partial charge >= 0.3 is 0 Å². The Hall–Kier alpha value is -0.730. The minimum atomic E-state index is 0.395. The molecule has 0 amide bonds. The lowest BCUT2D eigenvalue weighted by molar-refractivity contribution is 0.323. The van der Waals surface area contributed by atoms with E-state index in [4.69, 9.17) is 5.73 Å². The van der Waals surface area contributed by atoms with Crippen LogP contribution in [-0.2, 0) is 0 Å². The van der Waals surface area contributed by atoms with Crippen LogP contribution in [0.15, 0.2) is 4.99 Å². The van der Waals surface area contributed by atoms with Gasteiger partial charge in [0, 0.05) is 13.1 Å². The maximum atomic E-state index is 5.64. The Labute approximate surface area is 61.9 Å². The van der Waals surface area contributed by atoms with Crippen LogP contribution in [0.1, 0.15) is 20.3 Å². The molecule has 0 spiro atoms. The van der Waals surface area contributed by atoms with E-state index in [0.29, 0.717) is 18.0 Å². The zero-order valence-corrected chi connectivity index (χ0v) is 6.83. The first-order valence-corrected chi connectivity index (χ1v) is 3.67. The summed E-state index contributed by atoms with van der Waals surface area (Å²) in [5, 5.41) is 0. The maximum absolute atomic E-state index is 5.64. The molecule has 0 aromatic carbocycles. The molecule has 2 atom stereocenters. The van der Waals surface area contributed by atoms with Gasteiger partial charge in [-0.15, -0.1) is 0 Å². The van der Waals surface area contributed by atoms with E-state index in [1.165, 1.54) is 0 Å². The summed E-state index contributed by atoms with van der Waals surface area (Å²) in [5.74, 6) is 0.672. The molecule has 0 saturated carbocycles. The highest BCUT2D eigenvalue weighted by Crippen LogP contribution is 2.12. The molecule has 0 aromatic rings. The van der Waals surface area contributed by atoms with Crippen LogP contribution in [0.5, 0.6) is 0 Å². The standard InChI is InChI=1S/C7H15N3/c1-5-4-6(2)10(3)7(8)9-5/h5-6H,4H2,1-3H3,(H2,8,9). The Bertz CT molecular complexity index is 153. The van der Waals surface area contributed by atoms with Gasteiger partial charge in [0.05, 0.1) is 6.04 Å². The highest BCUT2D eigenvalue weighted by molar-refractivity contribution is 5.78. The molecule has 2 N–H and O–H groups in total. The number of nitrogens with two attached hydrogens (primary N) is 1. The third kappa shape index (κ3) is 1.23. The molecular weight excluding hydrogens is 126 g/mol. The van der Waals surface area contributed by atoms with Crippen molar-refractivity contribution in [3.8, 4) is 0 Å². The molecule has 0 saturated heterocycles. The van der Waals surface area contributed by atoms with Crippen LogP contribution >= 0.6 is 0 Å². The Morgan fingerprint density at radius 3 is 2.70 bits per heavy atom. The van der Waals surface area contributed by atoms with Crippen LogP contribution in [0, 0.1) is 0 Å². The Balaban J connectivity index is 2.71. The molecule has 0 fully saturated rings. The monoisotopic (exact) mass is 141 g/mol. The van der Waals surface area contributed by atoms with Gasteiger partial charge in [0.2, 0.25) is 0 Å². The van der Waals surface area contributed by atoms with Crippen LogP contribution in [0.4, 0.5) is 0 Å². The van der Waals surface area contributed by atoms with Gasteiger partial charge in [0.15, 0.2) is 5.96 Å².